The zero-order chi connectivity index (χ0) is 17.4. The van der Waals surface area contributed by atoms with Gasteiger partial charge in [0.25, 0.3) is 0 Å². The number of hydrogen-bond donors (Lipinski definition) is 5. The molecule has 0 saturated heterocycles. The number of aliphatic hydroxyl groups excluding tert-OH is 1. The molecule has 0 aliphatic rings. The molecule has 8 heteroatoms. The monoisotopic (exact) mass is 324 g/mol. The summed E-state index contributed by atoms with van der Waals surface area (Å²) < 4.78 is 0. The number of aliphatic carboxylic acids is 1. The van der Waals surface area contributed by atoms with Gasteiger partial charge in [0, 0.05) is 0 Å². The largest absolute Gasteiger partial charge is 0.508 e. The molecular weight excluding hydrogens is 304 g/mol. The average molecular weight is 324 g/mol. The smallest absolute Gasteiger partial charge is 0.326 e. The first-order valence-corrected chi connectivity index (χ1v) is 7.11. The van der Waals surface area contributed by atoms with E-state index in [1.54, 1.807) is 6.92 Å². The molecule has 8 nitrogen and oxygen atoms in total. The summed E-state index contributed by atoms with van der Waals surface area (Å²) in [7, 11) is 0. The molecule has 0 heterocycles. The minimum Gasteiger partial charge on any atom is -0.508 e. The molecule has 0 saturated carbocycles. The summed E-state index contributed by atoms with van der Waals surface area (Å²) >= 11 is 0. The first-order valence-electron chi connectivity index (χ1n) is 7.11. The average Bonchev–Trinajstić information content (AvgIpc) is 2.52. The van der Waals surface area contributed by atoms with Gasteiger partial charge in [0.1, 0.15) is 24.4 Å². The third-order valence-electron chi connectivity index (χ3n) is 3.13. The van der Waals surface area contributed by atoms with Crippen molar-refractivity contribution in [2.45, 2.75) is 31.8 Å². The number of phenols is 1. The number of phenolic OH excluding ortho intramolecular Hbond substituents is 1. The van der Waals surface area contributed by atoms with E-state index in [2.05, 4.69) is 10.6 Å². The quantitative estimate of drug-likeness (QED) is 0.453. The molecule has 0 fully saturated rings. The van der Waals surface area contributed by atoms with Gasteiger partial charge in [0.05, 0.1) is 0 Å². The van der Waals surface area contributed by atoms with Gasteiger partial charge in [-0.25, -0.2) is 4.79 Å². The van der Waals surface area contributed by atoms with Crippen LogP contribution in [0.4, 0.5) is 0 Å². The van der Waals surface area contributed by atoms with Crippen LogP contribution in [0, 0.1) is 0 Å². The van der Waals surface area contributed by atoms with Crippen molar-refractivity contribution >= 4 is 17.8 Å². The second-order valence-corrected chi connectivity index (χ2v) is 4.94. The Balaban J connectivity index is 2.98. The minimum absolute atomic E-state index is 0.0178. The first kappa shape index (κ1) is 18.4. The van der Waals surface area contributed by atoms with E-state index >= 15 is 0 Å². The van der Waals surface area contributed by atoms with Gasteiger partial charge in [-0.1, -0.05) is 25.5 Å². The minimum atomic E-state index is -1.17. The van der Waals surface area contributed by atoms with Crippen LogP contribution in [0.3, 0.4) is 0 Å². The van der Waals surface area contributed by atoms with Gasteiger partial charge in [-0.2, -0.15) is 0 Å². The number of carbonyl (C=O) groups is 3. The molecule has 0 aliphatic carbocycles. The van der Waals surface area contributed by atoms with Gasteiger partial charge in [0.15, 0.2) is 0 Å². The molecule has 126 valence electrons. The van der Waals surface area contributed by atoms with Crippen molar-refractivity contribution in [1.82, 2.24) is 10.6 Å². The van der Waals surface area contributed by atoms with Crippen LogP contribution in [-0.2, 0) is 14.4 Å². The van der Waals surface area contributed by atoms with E-state index in [0.717, 1.165) is 0 Å². The lowest BCUT2D eigenvalue weighted by molar-refractivity contribution is -0.142. The highest BCUT2D eigenvalue weighted by atomic mass is 16.4. The van der Waals surface area contributed by atoms with Crippen molar-refractivity contribution < 1.29 is 29.7 Å². The maximum atomic E-state index is 12.3. The Hall–Kier alpha value is -2.61. The molecule has 0 unspecified atom stereocenters. The van der Waals surface area contributed by atoms with Crippen molar-refractivity contribution in [3.8, 4) is 5.75 Å². The highest BCUT2D eigenvalue weighted by Gasteiger charge is 2.27. The molecule has 1 aromatic carbocycles. The normalized spacial score (nSPS) is 13.0. The lowest BCUT2D eigenvalue weighted by Crippen LogP contribution is -2.47. The molecule has 0 aliphatic heterocycles. The number of benzene rings is 1. The number of aromatic hydroxyl groups is 1. The van der Waals surface area contributed by atoms with Crippen molar-refractivity contribution in [2.75, 3.05) is 6.61 Å². The topological polar surface area (TPSA) is 136 Å². The second kappa shape index (κ2) is 8.74. The fourth-order valence-electron chi connectivity index (χ4n) is 1.97. The highest BCUT2D eigenvalue weighted by Crippen LogP contribution is 2.17. The number of rotatable bonds is 8. The van der Waals surface area contributed by atoms with E-state index in [1.807, 2.05) is 0 Å². The summed E-state index contributed by atoms with van der Waals surface area (Å²) in [6, 6.07) is 3.27. The molecule has 1 rings (SSSR count). The molecule has 5 N–H and O–H groups in total. The third kappa shape index (κ3) is 5.59. The molecular formula is C15H20N2O6. The number of amides is 2. The van der Waals surface area contributed by atoms with E-state index < -0.39 is 36.5 Å². The van der Waals surface area contributed by atoms with E-state index in [1.165, 1.54) is 24.3 Å². The Labute approximate surface area is 133 Å². The van der Waals surface area contributed by atoms with E-state index in [0.29, 0.717) is 12.0 Å². The Bertz CT molecular complexity index is 558. The Morgan fingerprint density at radius 3 is 2.22 bits per heavy atom. The summed E-state index contributed by atoms with van der Waals surface area (Å²) in [5.74, 6) is -2.67. The maximum Gasteiger partial charge on any atom is 0.326 e. The number of carboxylic acids is 1. The van der Waals surface area contributed by atoms with Crippen LogP contribution in [-0.4, -0.2) is 45.8 Å². The maximum absolute atomic E-state index is 12.3. The molecule has 0 aromatic heterocycles. The van der Waals surface area contributed by atoms with Gasteiger partial charge >= 0.3 is 5.97 Å². The number of hydrogen-bond acceptors (Lipinski definition) is 5. The fourth-order valence-corrected chi connectivity index (χ4v) is 1.97. The van der Waals surface area contributed by atoms with Gasteiger partial charge in [-0.3, -0.25) is 9.59 Å². The molecule has 2 atom stereocenters. The van der Waals surface area contributed by atoms with Crippen LogP contribution >= 0.6 is 0 Å². The van der Waals surface area contributed by atoms with Crippen LogP contribution < -0.4 is 10.6 Å². The van der Waals surface area contributed by atoms with Crippen molar-refractivity contribution in [3.05, 3.63) is 29.8 Å². The third-order valence-corrected chi connectivity index (χ3v) is 3.13. The Kier molecular flexibility index (Phi) is 7.01. The predicted molar refractivity (Wildman–Crippen MR) is 80.6 cm³/mol. The Morgan fingerprint density at radius 1 is 1.13 bits per heavy atom. The van der Waals surface area contributed by atoms with Crippen LogP contribution in [0.2, 0.25) is 0 Å². The van der Waals surface area contributed by atoms with E-state index in [9.17, 15) is 19.5 Å². The summed E-state index contributed by atoms with van der Waals surface area (Å²) in [5, 5.41) is 31.9. The molecule has 0 bridgehead atoms. The SMILES string of the molecule is CCC[C@H](NC(=O)[C@H](NC(=O)CO)c1ccc(O)cc1)C(=O)O. The van der Waals surface area contributed by atoms with Gasteiger partial charge in [0.2, 0.25) is 11.8 Å². The second-order valence-electron chi connectivity index (χ2n) is 4.94. The predicted octanol–water partition coefficient (Wildman–Crippen LogP) is -0.0887. The lowest BCUT2D eigenvalue weighted by Gasteiger charge is -2.21. The first-order chi connectivity index (χ1) is 10.9. The van der Waals surface area contributed by atoms with E-state index in [4.69, 9.17) is 10.2 Å². The van der Waals surface area contributed by atoms with Gasteiger partial charge in [-0.05, 0) is 24.1 Å². The number of aliphatic hydroxyl groups is 1. The number of carboxylic acid groups (broad SMARTS) is 1. The zero-order valence-corrected chi connectivity index (χ0v) is 12.7. The summed E-state index contributed by atoms with van der Waals surface area (Å²) in [5.41, 5.74) is 0.350. The fraction of sp³-hybridized carbons (Fsp3) is 0.400. The highest BCUT2D eigenvalue weighted by molar-refractivity contribution is 5.91. The van der Waals surface area contributed by atoms with Crippen LogP contribution in [0.5, 0.6) is 5.75 Å². The van der Waals surface area contributed by atoms with Crippen molar-refractivity contribution in [1.29, 1.82) is 0 Å². The molecule has 2 amide bonds. The van der Waals surface area contributed by atoms with Crippen LogP contribution in [0.25, 0.3) is 0 Å². The Morgan fingerprint density at radius 2 is 1.74 bits per heavy atom. The summed E-state index contributed by atoms with van der Waals surface area (Å²) in [4.78, 5) is 34.9. The lowest BCUT2D eigenvalue weighted by atomic mass is 10.0. The molecule has 1 aromatic rings. The van der Waals surface area contributed by atoms with Crippen LogP contribution in [0.15, 0.2) is 24.3 Å². The standard InChI is InChI=1S/C15H20N2O6/c1-2-3-11(15(22)23)16-14(21)13(17-12(20)8-18)9-4-6-10(19)7-5-9/h4-7,11,13,18-19H,2-3,8H2,1H3,(H,16,21)(H,17,20)(H,22,23)/t11-,13+/m0/s1. The van der Waals surface area contributed by atoms with Gasteiger partial charge < -0.3 is 26.0 Å². The summed E-state index contributed by atoms with van der Waals surface area (Å²) in [6.45, 7) is 0.978. The van der Waals surface area contributed by atoms with E-state index in [-0.39, 0.29) is 12.2 Å². The molecule has 0 radical (unpaired) electrons. The van der Waals surface area contributed by atoms with Crippen LogP contribution in [0.1, 0.15) is 31.4 Å². The number of carbonyl (C=O) groups excluding carboxylic acids is 2. The van der Waals surface area contributed by atoms with Gasteiger partial charge in [-0.15, -0.1) is 0 Å². The molecule has 23 heavy (non-hydrogen) atoms. The van der Waals surface area contributed by atoms with Crippen molar-refractivity contribution in [2.24, 2.45) is 0 Å². The van der Waals surface area contributed by atoms with Crippen molar-refractivity contribution in [3.63, 3.8) is 0 Å². The number of nitrogens with one attached hydrogen (secondary N) is 2. The zero-order valence-electron chi connectivity index (χ0n) is 12.7. The molecule has 0 spiro atoms. The summed E-state index contributed by atoms with van der Waals surface area (Å²) in [6.07, 6.45) is 0.807.